The van der Waals surface area contributed by atoms with Crippen molar-refractivity contribution in [3.63, 3.8) is 0 Å². The van der Waals surface area contributed by atoms with Crippen LogP contribution in [-0.4, -0.2) is 11.6 Å². The number of rotatable bonds is 12. The van der Waals surface area contributed by atoms with Crippen molar-refractivity contribution in [3.05, 3.63) is 141 Å². The average Bonchev–Trinajstić information content (AvgIpc) is 2.96. The third-order valence-corrected chi connectivity index (χ3v) is 8.65. The van der Waals surface area contributed by atoms with Crippen LogP contribution in [0.3, 0.4) is 0 Å². The predicted octanol–water partition coefficient (Wildman–Crippen LogP) is 10.6. The number of carbonyl (C=O) groups excluding carboxylic acids is 2. The van der Waals surface area contributed by atoms with Gasteiger partial charge in [0.15, 0.2) is 11.6 Å². The lowest BCUT2D eigenvalue weighted by atomic mass is 9.69. The van der Waals surface area contributed by atoms with E-state index in [4.69, 9.17) is 23.2 Å². The molecular formula is C37H38Cl2O2. The second kappa shape index (κ2) is 13.6. The van der Waals surface area contributed by atoms with Crippen LogP contribution in [0.2, 0.25) is 10.0 Å². The third kappa shape index (κ3) is 8.18. The monoisotopic (exact) mass is 584 g/mol. The maximum absolute atomic E-state index is 13.3. The lowest BCUT2D eigenvalue weighted by Gasteiger charge is -2.35. The first-order valence-electron chi connectivity index (χ1n) is 14.2. The van der Waals surface area contributed by atoms with Crippen molar-refractivity contribution in [3.8, 4) is 0 Å². The molecule has 0 aliphatic heterocycles. The molecule has 212 valence electrons. The molecule has 0 aromatic heterocycles. The quantitative estimate of drug-likeness (QED) is 0.155. The summed E-state index contributed by atoms with van der Waals surface area (Å²) in [6.45, 7) is 8.72. The summed E-state index contributed by atoms with van der Waals surface area (Å²) in [6.07, 6.45) is 1.61. The first-order chi connectivity index (χ1) is 19.5. The number of ketones is 2. The lowest BCUT2D eigenvalue weighted by molar-refractivity contribution is 0.0943. The van der Waals surface area contributed by atoms with Gasteiger partial charge >= 0.3 is 0 Å². The average molecular weight is 586 g/mol. The zero-order valence-corrected chi connectivity index (χ0v) is 25.8. The van der Waals surface area contributed by atoms with Gasteiger partial charge in [-0.1, -0.05) is 130 Å². The Morgan fingerprint density at radius 1 is 0.634 bits per heavy atom. The van der Waals surface area contributed by atoms with Crippen molar-refractivity contribution in [2.24, 2.45) is 11.3 Å². The predicted molar refractivity (Wildman–Crippen MR) is 171 cm³/mol. The van der Waals surface area contributed by atoms with E-state index in [9.17, 15) is 9.59 Å². The highest BCUT2D eigenvalue weighted by Crippen LogP contribution is 2.42. The summed E-state index contributed by atoms with van der Waals surface area (Å²) in [6, 6.07) is 33.1. The highest BCUT2D eigenvalue weighted by atomic mass is 35.5. The fourth-order valence-electron chi connectivity index (χ4n) is 5.69. The van der Waals surface area contributed by atoms with Crippen LogP contribution >= 0.6 is 23.2 Å². The standard InChI is InChI=1S/C37H38Cl2O2/c1-25(2)33(27-14-18-31(38)19-15-27)22-35(40)30-12-10-26(11-13-30)24-37(3,4)34(28-16-20-32(39)21-17-28)23-36(41)29-8-6-5-7-9-29/h5-21,25,33-34H,22-24H2,1-4H3/t33-,34-/m1/s1. The zero-order valence-electron chi connectivity index (χ0n) is 24.2. The van der Waals surface area contributed by atoms with Crippen LogP contribution in [0.15, 0.2) is 103 Å². The molecule has 41 heavy (non-hydrogen) atoms. The second-order valence-corrected chi connectivity index (χ2v) is 12.9. The minimum Gasteiger partial charge on any atom is -0.294 e. The topological polar surface area (TPSA) is 34.1 Å². The maximum atomic E-state index is 13.3. The Balaban J connectivity index is 1.51. The van der Waals surface area contributed by atoms with Crippen LogP contribution in [0.1, 0.15) is 89.8 Å². The van der Waals surface area contributed by atoms with Gasteiger partial charge in [0.2, 0.25) is 0 Å². The van der Waals surface area contributed by atoms with Crippen LogP contribution in [0.25, 0.3) is 0 Å². The highest BCUT2D eigenvalue weighted by Gasteiger charge is 2.33. The molecule has 0 fully saturated rings. The number of benzene rings is 4. The van der Waals surface area contributed by atoms with E-state index in [2.05, 4.69) is 39.8 Å². The SMILES string of the molecule is CC(C)[C@@H](CC(=O)c1ccc(CC(C)(C)[C@H](CC(=O)c2ccccc2)c2ccc(Cl)cc2)cc1)c1ccc(Cl)cc1. The molecule has 0 unspecified atom stereocenters. The van der Waals surface area contributed by atoms with E-state index in [-0.39, 0.29) is 28.8 Å². The zero-order chi connectivity index (χ0) is 29.6. The second-order valence-electron chi connectivity index (χ2n) is 12.0. The van der Waals surface area contributed by atoms with E-state index < -0.39 is 0 Å². The Hall–Kier alpha value is -3.20. The summed E-state index contributed by atoms with van der Waals surface area (Å²) < 4.78 is 0. The summed E-state index contributed by atoms with van der Waals surface area (Å²) in [4.78, 5) is 26.6. The minimum absolute atomic E-state index is 0.0139. The molecule has 4 rings (SSSR count). The molecule has 0 aliphatic carbocycles. The summed E-state index contributed by atoms with van der Waals surface area (Å²) in [5.74, 6) is 0.695. The number of Topliss-reactive ketones (excluding diaryl/α,β-unsaturated/α-hetero) is 2. The molecule has 0 saturated heterocycles. The summed E-state index contributed by atoms with van der Waals surface area (Å²) in [7, 11) is 0. The summed E-state index contributed by atoms with van der Waals surface area (Å²) >= 11 is 12.3. The molecule has 0 heterocycles. The highest BCUT2D eigenvalue weighted by molar-refractivity contribution is 6.30. The molecule has 0 bridgehead atoms. The fraction of sp³-hybridized carbons (Fsp3) is 0.297. The maximum Gasteiger partial charge on any atom is 0.163 e. The minimum atomic E-state index is -0.235. The van der Waals surface area contributed by atoms with E-state index in [1.807, 2.05) is 91.0 Å². The molecule has 0 aliphatic rings. The fourth-order valence-corrected chi connectivity index (χ4v) is 5.94. The Morgan fingerprint density at radius 2 is 1.12 bits per heavy atom. The molecule has 4 aromatic rings. The van der Waals surface area contributed by atoms with Crippen LogP contribution < -0.4 is 0 Å². The van der Waals surface area contributed by atoms with E-state index in [0.717, 1.165) is 34.2 Å². The van der Waals surface area contributed by atoms with Gasteiger partial charge in [-0.25, -0.2) is 0 Å². The van der Waals surface area contributed by atoms with Gasteiger partial charge in [0, 0.05) is 34.0 Å². The van der Waals surface area contributed by atoms with Crippen molar-refractivity contribution < 1.29 is 9.59 Å². The van der Waals surface area contributed by atoms with Gasteiger partial charge in [-0.3, -0.25) is 9.59 Å². The van der Waals surface area contributed by atoms with Gasteiger partial charge in [0.05, 0.1) is 0 Å². The molecule has 2 atom stereocenters. The van der Waals surface area contributed by atoms with Gasteiger partial charge in [-0.05, 0) is 70.5 Å². The van der Waals surface area contributed by atoms with E-state index in [1.54, 1.807) is 0 Å². The summed E-state index contributed by atoms with van der Waals surface area (Å²) in [5.41, 5.74) is 4.58. The van der Waals surface area contributed by atoms with Crippen LogP contribution in [0.5, 0.6) is 0 Å². The molecule has 2 nitrogen and oxygen atoms in total. The molecule has 4 aromatic carbocycles. The Bertz CT molecular complexity index is 1440. The molecule has 0 amide bonds. The van der Waals surface area contributed by atoms with Gasteiger partial charge < -0.3 is 0 Å². The Morgan fingerprint density at radius 3 is 1.66 bits per heavy atom. The number of hydrogen-bond acceptors (Lipinski definition) is 2. The molecule has 0 saturated carbocycles. The van der Waals surface area contributed by atoms with Gasteiger partial charge in [-0.2, -0.15) is 0 Å². The molecule has 0 N–H and O–H groups in total. The Labute approximate surface area is 254 Å². The molecule has 0 spiro atoms. The number of halogens is 2. The van der Waals surface area contributed by atoms with E-state index >= 15 is 0 Å². The molecular weight excluding hydrogens is 547 g/mol. The van der Waals surface area contributed by atoms with Crippen LogP contribution in [0, 0.1) is 11.3 Å². The van der Waals surface area contributed by atoms with Crippen molar-refractivity contribution in [1.29, 1.82) is 0 Å². The molecule has 4 heteroatoms. The van der Waals surface area contributed by atoms with Crippen molar-refractivity contribution >= 4 is 34.8 Å². The van der Waals surface area contributed by atoms with Crippen molar-refractivity contribution in [1.82, 2.24) is 0 Å². The number of carbonyl (C=O) groups is 2. The smallest absolute Gasteiger partial charge is 0.163 e. The largest absolute Gasteiger partial charge is 0.294 e. The number of hydrogen-bond donors (Lipinski definition) is 0. The van der Waals surface area contributed by atoms with Crippen LogP contribution in [-0.2, 0) is 6.42 Å². The first kappa shape index (κ1) is 30.8. The third-order valence-electron chi connectivity index (χ3n) is 8.14. The van der Waals surface area contributed by atoms with Gasteiger partial charge in [-0.15, -0.1) is 0 Å². The van der Waals surface area contributed by atoms with Crippen molar-refractivity contribution in [2.45, 2.75) is 58.8 Å². The normalized spacial score (nSPS) is 13.1. The first-order valence-corrected chi connectivity index (χ1v) is 15.0. The van der Waals surface area contributed by atoms with Crippen LogP contribution in [0.4, 0.5) is 0 Å². The van der Waals surface area contributed by atoms with E-state index in [0.29, 0.717) is 28.8 Å². The summed E-state index contributed by atoms with van der Waals surface area (Å²) in [5, 5.41) is 1.37. The lowest BCUT2D eigenvalue weighted by Crippen LogP contribution is -2.27. The van der Waals surface area contributed by atoms with Gasteiger partial charge in [0.25, 0.3) is 0 Å². The van der Waals surface area contributed by atoms with Gasteiger partial charge in [0.1, 0.15) is 0 Å². The van der Waals surface area contributed by atoms with Crippen molar-refractivity contribution in [2.75, 3.05) is 0 Å². The Kier molecular flexibility index (Phi) is 10.2. The van der Waals surface area contributed by atoms with E-state index in [1.165, 1.54) is 0 Å². The molecule has 0 radical (unpaired) electrons.